The molecule has 0 amide bonds. The minimum atomic E-state index is 0.522. The number of ether oxygens (including phenoxy) is 1. The first-order chi connectivity index (χ1) is 5.65. The molecule has 3 atom stereocenters. The van der Waals surface area contributed by atoms with E-state index in [1.54, 1.807) is 0 Å². The molecular weight excluding hydrogens is 148 g/mol. The van der Waals surface area contributed by atoms with Gasteiger partial charge >= 0.3 is 0 Å². The van der Waals surface area contributed by atoms with E-state index >= 15 is 0 Å². The van der Waals surface area contributed by atoms with E-state index in [0.29, 0.717) is 6.10 Å². The number of hydrogen-bond donors (Lipinski definition) is 0. The van der Waals surface area contributed by atoms with Gasteiger partial charge in [-0.3, -0.25) is 0 Å². The Hall–Kier alpha value is -0.0400. The smallest absolute Gasteiger partial charge is 0.0604 e. The summed E-state index contributed by atoms with van der Waals surface area (Å²) in [5.41, 5.74) is 0. The summed E-state index contributed by atoms with van der Waals surface area (Å²) in [4.78, 5) is 0. The maximum absolute atomic E-state index is 5.54. The molecule has 0 aliphatic heterocycles. The first kappa shape index (κ1) is 10.0. The summed E-state index contributed by atoms with van der Waals surface area (Å²) < 4.78 is 5.54. The lowest BCUT2D eigenvalue weighted by atomic mass is 9.75. The van der Waals surface area contributed by atoms with Crippen molar-refractivity contribution in [3.63, 3.8) is 0 Å². The van der Waals surface area contributed by atoms with Crippen LogP contribution in [0.1, 0.15) is 40.0 Å². The first-order valence-corrected chi connectivity index (χ1v) is 5.18. The summed E-state index contributed by atoms with van der Waals surface area (Å²) in [6.45, 7) is 6.96. The Bertz CT molecular complexity index is 131. The van der Waals surface area contributed by atoms with Gasteiger partial charge in [-0.2, -0.15) is 0 Å². The van der Waals surface area contributed by atoms with E-state index in [9.17, 15) is 0 Å². The highest BCUT2D eigenvalue weighted by Gasteiger charge is 2.30. The lowest BCUT2D eigenvalue weighted by Gasteiger charge is -2.36. The summed E-state index contributed by atoms with van der Waals surface area (Å²) >= 11 is 0. The SMILES string of the molecule is COC1C[C@H](C)CC[C@H]1C(C)C. The first-order valence-electron chi connectivity index (χ1n) is 5.18. The van der Waals surface area contributed by atoms with Crippen molar-refractivity contribution in [1.82, 2.24) is 0 Å². The van der Waals surface area contributed by atoms with Crippen molar-refractivity contribution in [1.29, 1.82) is 0 Å². The van der Waals surface area contributed by atoms with Crippen LogP contribution in [0.2, 0.25) is 0 Å². The van der Waals surface area contributed by atoms with Gasteiger partial charge in [0.2, 0.25) is 0 Å². The molecule has 72 valence electrons. The van der Waals surface area contributed by atoms with Gasteiger partial charge in [-0.05, 0) is 30.6 Å². The summed E-state index contributed by atoms with van der Waals surface area (Å²) in [5.74, 6) is 2.44. The fraction of sp³-hybridized carbons (Fsp3) is 1.00. The van der Waals surface area contributed by atoms with E-state index in [0.717, 1.165) is 17.8 Å². The molecule has 0 aromatic heterocycles. The van der Waals surface area contributed by atoms with Gasteiger partial charge in [-0.25, -0.2) is 0 Å². The molecule has 0 heterocycles. The van der Waals surface area contributed by atoms with Crippen LogP contribution >= 0.6 is 0 Å². The Morgan fingerprint density at radius 1 is 1.25 bits per heavy atom. The Kier molecular flexibility index (Phi) is 3.57. The highest BCUT2D eigenvalue weighted by Crippen LogP contribution is 2.34. The zero-order chi connectivity index (χ0) is 9.14. The van der Waals surface area contributed by atoms with E-state index in [-0.39, 0.29) is 0 Å². The van der Waals surface area contributed by atoms with E-state index in [2.05, 4.69) is 20.8 Å². The van der Waals surface area contributed by atoms with E-state index in [1.807, 2.05) is 7.11 Å². The van der Waals surface area contributed by atoms with Crippen molar-refractivity contribution in [2.75, 3.05) is 7.11 Å². The second kappa shape index (κ2) is 4.27. The minimum absolute atomic E-state index is 0.522. The molecule has 1 heteroatoms. The Morgan fingerprint density at radius 3 is 2.42 bits per heavy atom. The molecule has 1 rings (SSSR count). The molecule has 0 aromatic carbocycles. The fourth-order valence-electron chi connectivity index (χ4n) is 2.39. The third kappa shape index (κ3) is 2.22. The Balaban J connectivity index is 2.50. The number of rotatable bonds is 2. The standard InChI is InChI=1S/C11H22O/c1-8(2)10-6-5-9(3)7-11(10)12-4/h8-11H,5-7H2,1-4H3/t9-,10+,11?/m1/s1. The molecule has 12 heavy (non-hydrogen) atoms. The fourth-order valence-corrected chi connectivity index (χ4v) is 2.39. The summed E-state index contributed by atoms with van der Waals surface area (Å²) in [5, 5.41) is 0. The molecule has 0 aromatic rings. The van der Waals surface area contributed by atoms with Crippen LogP contribution in [0.25, 0.3) is 0 Å². The van der Waals surface area contributed by atoms with Crippen molar-refractivity contribution >= 4 is 0 Å². The minimum Gasteiger partial charge on any atom is -0.381 e. The van der Waals surface area contributed by atoms with Gasteiger partial charge in [-0.1, -0.05) is 27.2 Å². The average molecular weight is 170 g/mol. The van der Waals surface area contributed by atoms with Crippen LogP contribution in [0.5, 0.6) is 0 Å². The van der Waals surface area contributed by atoms with Gasteiger partial charge in [0.15, 0.2) is 0 Å². The van der Waals surface area contributed by atoms with Gasteiger partial charge in [-0.15, -0.1) is 0 Å². The maximum Gasteiger partial charge on any atom is 0.0604 e. The molecular formula is C11H22O. The molecule has 1 nitrogen and oxygen atoms in total. The van der Waals surface area contributed by atoms with Crippen molar-refractivity contribution < 1.29 is 4.74 Å². The van der Waals surface area contributed by atoms with Crippen LogP contribution in [0.4, 0.5) is 0 Å². The zero-order valence-corrected chi connectivity index (χ0v) is 8.84. The number of hydrogen-bond acceptors (Lipinski definition) is 1. The van der Waals surface area contributed by atoms with Crippen molar-refractivity contribution in [3.8, 4) is 0 Å². The summed E-state index contributed by atoms with van der Waals surface area (Å²) in [6.07, 6.45) is 4.54. The highest BCUT2D eigenvalue weighted by molar-refractivity contribution is 4.80. The van der Waals surface area contributed by atoms with Gasteiger partial charge in [0.25, 0.3) is 0 Å². The maximum atomic E-state index is 5.54. The third-order valence-electron chi connectivity index (χ3n) is 3.26. The van der Waals surface area contributed by atoms with Crippen LogP contribution in [0.3, 0.4) is 0 Å². The van der Waals surface area contributed by atoms with Crippen molar-refractivity contribution in [2.45, 2.75) is 46.1 Å². The second-order valence-electron chi connectivity index (χ2n) is 4.60. The predicted octanol–water partition coefficient (Wildman–Crippen LogP) is 3.09. The molecule has 0 N–H and O–H groups in total. The normalized spacial score (nSPS) is 37.2. The van der Waals surface area contributed by atoms with Crippen LogP contribution < -0.4 is 0 Å². The van der Waals surface area contributed by atoms with Crippen LogP contribution in [-0.2, 0) is 4.74 Å². The predicted molar refractivity (Wildman–Crippen MR) is 52.1 cm³/mol. The highest BCUT2D eigenvalue weighted by atomic mass is 16.5. The summed E-state index contributed by atoms with van der Waals surface area (Å²) in [6, 6.07) is 0. The molecule has 1 aliphatic carbocycles. The van der Waals surface area contributed by atoms with Gasteiger partial charge in [0.05, 0.1) is 6.10 Å². The Morgan fingerprint density at radius 2 is 1.92 bits per heavy atom. The molecule has 0 saturated heterocycles. The average Bonchev–Trinajstić information content (AvgIpc) is 2.03. The topological polar surface area (TPSA) is 9.23 Å². The monoisotopic (exact) mass is 170 g/mol. The quantitative estimate of drug-likeness (QED) is 0.619. The molecule has 0 bridgehead atoms. The lowest BCUT2D eigenvalue weighted by Crippen LogP contribution is -2.33. The molecule has 0 radical (unpaired) electrons. The van der Waals surface area contributed by atoms with E-state index in [4.69, 9.17) is 4.74 Å². The number of methoxy groups -OCH3 is 1. The molecule has 1 aliphatic rings. The van der Waals surface area contributed by atoms with Crippen molar-refractivity contribution in [2.24, 2.45) is 17.8 Å². The third-order valence-corrected chi connectivity index (χ3v) is 3.26. The molecule has 1 saturated carbocycles. The molecule has 1 fully saturated rings. The summed E-state index contributed by atoms with van der Waals surface area (Å²) in [7, 11) is 1.86. The van der Waals surface area contributed by atoms with Gasteiger partial charge < -0.3 is 4.74 Å². The van der Waals surface area contributed by atoms with Gasteiger partial charge in [0.1, 0.15) is 0 Å². The van der Waals surface area contributed by atoms with Gasteiger partial charge in [0, 0.05) is 7.11 Å². The van der Waals surface area contributed by atoms with E-state index in [1.165, 1.54) is 19.3 Å². The molecule has 1 unspecified atom stereocenters. The second-order valence-corrected chi connectivity index (χ2v) is 4.60. The largest absolute Gasteiger partial charge is 0.381 e. The zero-order valence-electron chi connectivity index (χ0n) is 8.84. The van der Waals surface area contributed by atoms with Crippen LogP contribution in [0.15, 0.2) is 0 Å². The Labute approximate surface area is 76.5 Å². The molecule has 0 spiro atoms. The van der Waals surface area contributed by atoms with Crippen LogP contribution in [-0.4, -0.2) is 13.2 Å². The lowest BCUT2D eigenvalue weighted by molar-refractivity contribution is -0.00982. The van der Waals surface area contributed by atoms with Crippen LogP contribution in [0, 0.1) is 17.8 Å². The van der Waals surface area contributed by atoms with E-state index < -0.39 is 0 Å². The van der Waals surface area contributed by atoms with Crippen molar-refractivity contribution in [3.05, 3.63) is 0 Å².